The van der Waals surface area contributed by atoms with Gasteiger partial charge in [0.05, 0.1) is 6.17 Å². The second-order valence-corrected chi connectivity index (χ2v) is 5.07. The fourth-order valence-corrected chi connectivity index (χ4v) is 3.06. The highest BCUT2D eigenvalue weighted by Gasteiger charge is 2.33. The Balaban J connectivity index is 0.00000108. The molecular weight excluding hydrogens is 232 g/mol. The van der Waals surface area contributed by atoms with Crippen LogP contribution in [0.25, 0.3) is 0 Å². The van der Waals surface area contributed by atoms with Crippen molar-refractivity contribution in [2.45, 2.75) is 50.4 Å². The van der Waals surface area contributed by atoms with Crippen molar-refractivity contribution in [3.63, 3.8) is 0 Å². The van der Waals surface area contributed by atoms with Crippen LogP contribution in [-0.2, 0) is 6.42 Å². The van der Waals surface area contributed by atoms with Crippen LogP contribution in [0.3, 0.4) is 0 Å². The second kappa shape index (κ2) is 5.85. The maximum absolute atomic E-state index is 3.73. The molecule has 0 spiro atoms. The van der Waals surface area contributed by atoms with Gasteiger partial charge in [-0.15, -0.1) is 12.4 Å². The van der Waals surface area contributed by atoms with Gasteiger partial charge in [-0.1, -0.05) is 43.2 Å². The fraction of sp³-hybridized carbons (Fsp3) is 0.571. The topological polar surface area (TPSA) is 24.1 Å². The molecule has 0 radical (unpaired) electrons. The molecule has 3 rings (SSSR count). The number of benzene rings is 1. The van der Waals surface area contributed by atoms with Gasteiger partial charge in [-0.3, -0.25) is 10.6 Å². The molecule has 0 aromatic heterocycles. The van der Waals surface area contributed by atoms with E-state index in [0.717, 1.165) is 18.5 Å². The van der Waals surface area contributed by atoms with Crippen LogP contribution in [0.1, 0.15) is 31.2 Å². The number of hydrogen-bond acceptors (Lipinski definition) is 2. The van der Waals surface area contributed by atoms with E-state index < -0.39 is 0 Å². The molecule has 1 saturated carbocycles. The Morgan fingerprint density at radius 3 is 2.12 bits per heavy atom. The summed E-state index contributed by atoms with van der Waals surface area (Å²) in [5.41, 5.74) is 1.42. The van der Waals surface area contributed by atoms with Crippen LogP contribution in [0.2, 0.25) is 0 Å². The van der Waals surface area contributed by atoms with E-state index >= 15 is 0 Å². The number of nitrogens with one attached hydrogen (secondary N) is 2. The van der Waals surface area contributed by atoms with Gasteiger partial charge in [-0.2, -0.15) is 0 Å². The third kappa shape index (κ3) is 3.01. The normalized spacial score (nSPS) is 31.6. The quantitative estimate of drug-likeness (QED) is 0.845. The van der Waals surface area contributed by atoms with Gasteiger partial charge in [0, 0.05) is 18.5 Å². The lowest BCUT2D eigenvalue weighted by Gasteiger charge is -2.23. The van der Waals surface area contributed by atoms with Gasteiger partial charge >= 0.3 is 0 Å². The highest BCUT2D eigenvalue weighted by Crippen LogP contribution is 2.23. The fourth-order valence-electron chi connectivity index (χ4n) is 3.06. The van der Waals surface area contributed by atoms with Gasteiger partial charge in [0.1, 0.15) is 0 Å². The minimum absolute atomic E-state index is 0. The Morgan fingerprint density at radius 1 is 0.941 bits per heavy atom. The molecule has 2 aliphatic rings. The lowest BCUT2D eigenvalue weighted by atomic mass is 9.92. The first kappa shape index (κ1) is 12.9. The van der Waals surface area contributed by atoms with E-state index in [4.69, 9.17) is 0 Å². The van der Waals surface area contributed by atoms with Crippen LogP contribution >= 0.6 is 12.4 Å². The molecule has 2 unspecified atom stereocenters. The van der Waals surface area contributed by atoms with Crippen LogP contribution in [0.4, 0.5) is 0 Å². The zero-order valence-electron chi connectivity index (χ0n) is 10.1. The molecule has 1 aliphatic heterocycles. The van der Waals surface area contributed by atoms with E-state index in [-0.39, 0.29) is 12.4 Å². The molecule has 1 aromatic rings. The molecular formula is C14H21ClN2. The van der Waals surface area contributed by atoms with Crippen molar-refractivity contribution in [3.05, 3.63) is 35.9 Å². The average Bonchev–Trinajstić information content (AvgIpc) is 2.72. The number of rotatable bonds is 2. The molecule has 2 fully saturated rings. The van der Waals surface area contributed by atoms with E-state index in [1.54, 1.807) is 0 Å². The molecule has 1 aromatic carbocycles. The van der Waals surface area contributed by atoms with Gasteiger partial charge in [0.2, 0.25) is 0 Å². The molecule has 1 heterocycles. The van der Waals surface area contributed by atoms with Crippen molar-refractivity contribution in [1.82, 2.24) is 10.6 Å². The Labute approximate surface area is 110 Å². The Kier molecular flexibility index (Phi) is 4.43. The Bertz CT molecular complexity index is 327. The van der Waals surface area contributed by atoms with Crippen LogP contribution in [0, 0.1) is 0 Å². The summed E-state index contributed by atoms with van der Waals surface area (Å²) >= 11 is 0. The summed E-state index contributed by atoms with van der Waals surface area (Å²) in [6.07, 6.45) is 7.08. The maximum Gasteiger partial charge on any atom is 0.0618 e. The third-order valence-corrected chi connectivity index (χ3v) is 3.88. The predicted octanol–water partition coefficient (Wildman–Crippen LogP) is 2.48. The lowest BCUT2D eigenvalue weighted by molar-refractivity contribution is 0.374. The second-order valence-electron chi connectivity index (χ2n) is 5.07. The van der Waals surface area contributed by atoms with Crippen molar-refractivity contribution in [3.8, 4) is 0 Å². The van der Waals surface area contributed by atoms with Gasteiger partial charge in [0.15, 0.2) is 0 Å². The Morgan fingerprint density at radius 2 is 1.53 bits per heavy atom. The van der Waals surface area contributed by atoms with Crippen molar-refractivity contribution in [2.24, 2.45) is 0 Å². The van der Waals surface area contributed by atoms with E-state index in [9.17, 15) is 0 Å². The average molecular weight is 253 g/mol. The first-order chi connectivity index (χ1) is 7.92. The predicted molar refractivity (Wildman–Crippen MR) is 73.5 cm³/mol. The SMILES string of the molecule is Cl.c1ccc(CC2NC3CCCCC3N2)cc1. The summed E-state index contributed by atoms with van der Waals surface area (Å²) in [5.74, 6) is 0. The van der Waals surface area contributed by atoms with E-state index in [1.165, 1.54) is 31.2 Å². The number of halogens is 1. The zero-order valence-corrected chi connectivity index (χ0v) is 10.9. The molecule has 17 heavy (non-hydrogen) atoms. The minimum Gasteiger partial charge on any atom is -0.297 e. The number of hydrogen-bond donors (Lipinski definition) is 2. The summed E-state index contributed by atoms with van der Waals surface area (Å²) < 4.78 is 0. The van der Waals surface area contributed by atoms with Crippen LogP contribution in [0.15, 0.2) is 30.3 Å². The van der Waals surface area contributed by atoms with Crippen LogP contribution in [-0.4, -0.2) is 18.2 Å². The standard InChI is InChI=1S/C14H20N2.ClH/c1-2-6-11(7-3-1)10-14-15-12-8-4-5-9-13(12)16-14;/h1-3,6-7,12-16H,4-5,8-10H2;1H. The molecule has 1 aliphatic carbocycles. The monoisotopic (exact) mass is 252 g/mol. The Hall–Kier alpha value is -0.570. The minimum atomic E-state index is 0. The first-order valence-corrected chi connectivity index (χ1v) is 6.48. The smallest absolute Gasteiger partial charge is 0.0618 e. The molecule has 94 valence electrons. The molecule has 2 atom stereocenters. The van der Waals surface area contributed by atoms with Gasteiger partial charge in [0.25, 0.3) is 0 Å². The number of fused-ring (bicyclic) bond motifs is 1. The van der Waals surface area contributed by atoms with E-state index in [1.807, 2.05) is 0 Å². The van der Waals surface area contributed by atoms with Crippen molar-refractivity contribution in [1.29, 1.82) is 0 Å². The lowest BCUT2D eigenvalue weighted by Crippen LogP contribution is -2.36. The van der Waals surface area contributed by atoms with Crippen LogP contribution in [0.5, 0.6) is 0 Å². The van der Waals surface area contributed by atoms with Gasteiger partial charge < -0.3 is 0 Å². The van der Waals surface area contributed by atoms with Crippen molar-refractivity contribution >= 4 is 12.4 Å². The third-order valence-electron chi connectivity index (χ3n) is 3.88. The largest absolute Gasteiger partial charge is 0.297 e. The molecule has 2 nitrogen and oxygen atoms in total. The molecule has 0 amide bonds. The molecule has 0 bridgehead atoms. The summed E-state index contributed by atoms with van der Waals surface area (Å²) in [6, 6.07) is 12.2. The molecule has 2 N–H and O–H groups in total. The highest BCUT2D eigenvalue weighted by molar-refractivity contribution is 5.85. The van der Waals surface area contributed by atoms with Crippen molar-refractivity contribution < 1.29 is 0 Å². The van der Waals surface area contributed by atoms with E-state index in [0.29, 0.717) is 6.17 Å². The van der Waals surface area contributed by atoms with Gasteiger partial charge in [-0.25, -0.2) is 0 Å². The van der Waals surface area contributed by atoms with E-state index in [2.05, 4.69) is 41.0 Å². The van der Waals surface area contributed by atoms with Gasteiger partial charge in [-0.05, 0) is 18.4 Å². The zero-order chi connectivity index (χ0) is 10.8. The van der Waals surface area contributed by atoms with Crippen LogP contribution < -0.4 is 10.6 Å². The summed E-state index contributed by atoms with van der Waals surface area (Å²) in [5, 5.41) is 7.46. The molecule has 3 heteroatoms. The molecule has 1 saturated heterocycles. The first-order valence-electron chi connectivity index (χ1n) is 6.48. The maximum atomic E-state index is 3.73. The summed E-state index contributed by atoms with van der Waals surface area (Å²) in [6.45, 7) is 0. The van der Waals surface area contributed by atoms with Crippen molar-refractivity contribution in [2.75, 3.05) is 0 Å². The summed E-state index contributed by atoms with van der Waals surface area (Å²) in [4.78, 5) is 0. The highest BCUT2D eigenvalue weighted by atomic mass is 35.5. The summed E-state index contributed by atoms with van der Waals surface area (Å²) in [7, 11) is 0.